The normalized spacial score (nSPS) is 11.0. The third-order valence-corrected chi connectivity index (χ3v) is 7.48. The van der Waals surface area contributed by atoms with Crippen molar-refractivity contribution in [2.75, 3.05) is 32.0 Å². The average molecular weight is 629 g/mol. The number of pyridine rings is 1. The Balaban J connectivity index is 1.38. The van der Waals surface area contributed by atoms with Gasteiger partial charge in [-0.25, -0.2) is 4.39 Å². The van der Waals surface area contributed by atoms with Crippen LogP contribution in [0.2, 0.25) is 5.02 Å². The molecule has 0 radical (unpaired) electrons. The molecule has 0 aliphatic carbocycles. The number of nitrogens with zero attached hydrogens (tertiary/aromatic N) is 2. The van der Waals surface area contributed by atoms with Crippen LogP contribution in [0.5, 0.6) is 17.2 Å². The number of carbonyl (C=O) groups excluding carboxylic acids is 1. The van der Waals surface area contributed by atoms with Crippen molar-refractivity contribution in [2.45, 2.75) is 6.42 Å². The number of carbonyl (C=O) groups is 1. The van der Waals surface area contributed by atoms with Crippen molar-refractivity contribution in [3.8, 4) is 22.9 Å². The van der Waals surface area contributed by atoms with Crippen LogP contribution in [0.3, 0.4) is 0 Å². The lowest BCUT2D eigenvalue weighted by Gasteiger charge is -2.15. The van der Waals surface area contributed by atoms with E-state index in [1.54, 1.807) is 54.6 Å². The molecule has 0 saturated carbocycles. The van der Waals surface area contributed by atoms with Crippen LogP contribution in [-0.2, 0) is 11.2 Å². The minimum absolute atomic E-state index is 0.00478. The van der Waals surface area contributed by atoms with E-state index in [0.717, 1.165) is 0 Å². The number of fused-ring (bicyclic) bond motifs is 3. The summed E-state index contributed by atoms with van der Waals surface area (Å²) < 4.78 is 36.7. The molecule has 4 aromatic carbocycles. The van der Waals surface area contributed by atoms with Gasteiger partial charge in [0.1, 0.15) is 16.7 Å². The summed E-state index contributed by atoms with van der Waals surface area (Å²) in [5, 5.41) is 11.1. The van der Waals surface area contributed by atoms with Crippen LogP contribution in [0.1, 0.15) is 5.56 Å². The molecule has 45 heavy (non-hydrogen) atoms. The minimum Gasteiger partial charge on any atom is -0.493 e. The third-order valence-electron chi connectivity index (χ3n) is 7.16. The smallest absolute Gasteiger partial charge is 0.270 e. The van der Waals surface area contributed by atoms with Crippen LogP contribution in [0, 0.1) is 5.82 Å². The maximum absolute atomic E-state index is 14.1. The van der Waals surface area contributed by atoms with Gasteiger partial charge in [0, 0.05) is 34.6 Å². The highest BCUT2D eigenvalue weighted by atomic mass is 35.5. The molecule has 0 aliphatic heterocycles. The number of anilines is 3. The van der Waals surface area contributed by atoms with Crippen molar-refractivity contribution in [2.24, 2.45) is 0 Å². The third kappa shape index (κ3) is 5.61. The summed E-state index contributed by atoms with van der Waals surface area (Å²) in [6, 6.07) is 21.1. The van der Waals surface area contributed by atoms with E-state index in [9.17, 15) is 14.0 Å². The van der Waals surface area contributed by atoms with Crippen molar-refractivity contribution < 1.29 is 27.9 Å². The molecule has 10 nitrogen and oxygen atoms in total. The topological polar surface area (TPSA) is 117 Å². The van der Waals surface area contributed by atoms with Gasteiger partial charge < -0.3 is 29.4 Å². The van der Waals surface area contributed by atoms with E-state index in [1.165, 1.54) is 50.2 Å². The Bertz CT molecular complexity index is 2100. The lowest BCUT2D eigenvalue weighted by Crippen LogP contribution is -2.20. The zero-order valence-electron chi connectivity index (χ0n) is 24.3. The van der Waals surface area contributed by atoms with Gasteiger partial charge in [-0.2, -0.15) is 0 Å². The second-order valence-electron chi connectivity index (χ2n) is 9.95. The summed E-state index contributed by atoms with van der Waals surface area (Å²) in [7, 11) is 4.48. The lowest BCUT2D eigenvalue weighted by atomic mass is 10.1. The largest absolute Gasteiger partial charge is 0.493 e. The van der Waals surface area contributed by atoms with E-state index in [0.29, 0.717) is 55.8 Å². The maximum atomic E-state index is 14.1. The van der Waals surface area contributed by atoms with Crippen molar-refractivity contribution in [1.82, 2.24) is 9.72 Å². The Morgan fingerprint density at radius 2 is 1.62 bits per heavy atom. The van der Waals surface area contributed by atoms with Gasteiger partial charge in [-0.3, -0.25) is 14.2 Å². The van der Waals surface area contributed by atoms with Crippen molar-refractivity contribution >= 4 is 56.6 Å². The van der Waals surface area contributed by atoms with Crippen LogP contribution < -0.4 is 30.4 Å². The summed E-state index contributed by atoms with van der Waals surface area (Å²) in [6.45, 7) is 0. The minimum atomic E-state index is -0.426. The summed E-state index contributed by atoms with van der Waals surface area (Å²) in [5.74, 6) is 0.581. The van der Waals surface area contributed by atoms with Gasteiger partial charge in [0.15, 0.2) is 11.5 Å². The summed E-state index contributed by atoms with van der Waals surface area (Å²) in [4.78, 5) is 27.3. The van der Waals surface area contributed by atoms with Gasteiger partial charge >= 0.3 is 0 Å². The van der Waals surface area contributed by atoms with Crippen LogP contribution in [0.4, 0.5) is 21.6 Å². The Morgan fingerprint density at radius 3 is 2.31 bits per heavy atom. The van der Waals surface area contributed by atoms with Gasteiger partial charge in [-0.1, -0.05) is 35.0 Å². The number of hydrogen-bond acceptors (Lipinski definition) is 8. The Hall–Kier alpha value is -5.55. The molecule has 0 fully saturated rings. The van der Waals surface area contributed by atoms with Gasteiger partial charge in [0.2, 0.25) is 17.5 Å². The van der Waals surface area contributed by atoms with E-state index in [-0.39, 0.29) is 29.1 Å². The average Bonchev–Trinajstić information content (AvgIpc) is 3.45. The first-order valence-electron chi connectivity index (χ1n) is 13.7. The molecule has 2 heterocycles. The number of nitrogens with one attached hydrogen (secondary N) is 2. The second-order valence-corrected chi connectivity index (χ2v) is 10.4. The molecule has 0 atom stereocenters. The second kappa shape index (κ2) is 12.2. The Kier molecular flexibility index (Phi) is 8.01. The molecule has 0 aliphatic rings. The Morgan fingerprint density at radius 1 is 0.911 bits per heavy atom. The molecule has 6 rings (SSSR count). The van der Waals surface area contributed by atoms with Gasteiger partial charge in [0.05, 0.1) is 38.3 Å². The highest BCUT2D eigenvalue weighted by molar-refractivity contribution is 6.37. The van der Waals surface area contributed by atoms with E-state index >= 15 is 0 Å². The first-order valence-corrected chi connectivity index (χ1v) is 14.0. The summed E-state index contributed by atoms with van der Waals surface area (Å²) >= 11 is 6.64. The van der Waals surface area contributed by atoms with E-state index in [2.05, 4.69) is 15.8 Å². The molecule has 0 bridgehead atoms. The number of hydrogen-bond donors (Lipinski definition) is 2. The molecule has 2 aromatic heterocycles. The summed E-state index contributed by atoms with van der Waals surface area (Å²) in [6.07, 6.45) is 0.00478. The Labute approximate surface area is 260 Å². The number of halogens is 2. The van der Waals surface area contributed by atoms with Crippen LogP contribution >= 0.6 is 11.6 Å². The quantitative estimate of drug-likeness (QED) is 0.178. The molecule has 0 spiro atoms. The van der Waals surface area contributed by atoms with Gasteiger partial charge in [-0.05, 0) is 54.1 Å². The zero-order chi connectivity index (χ0) is 31.7. The standard InChI is InChI=1S/C33H26ClFN4O6/c1-42-25-16-21(17-26(43-2)31(25)44-3)36-27(40)15-18-6-4-7-22(14-18)39-24-9-5-8-23(34)28(24)30-29(33(39)41)32(45-38-30)37-20-12-10-19(35)11-13-20/h4-14,16-17,37H,15H2,1-3H3,(H,36,40). The first kappa shape index (κ1) is 29.5. The van der Waals surface area contributed by atoms with E-state index in [1.807, 2.05) is 0 Å². The van der Waals surface area contributed by atoms with Crippen LogP contribution in [0.15, 0.2) is 88.2 Å². The van der Waals surface area contributed by atoms with Crippen molar-refractivity contribution in [3.05, 3.63) is 106 Å². The number of benzene rings is 4. The van der Waals surface area contributed by atoms with Crippen LogP contribution in [0.25, 0.3) is 27.5 Å². The highest BCUT2D eigenvalue weighted by Crippen LogP contribution is 2.40. The fourth-order valence-corrected chi connectivity index (χ4v) is 5.43. The van der Waals surface area contributed by atoms with Crippen molar-refractivity contribution in [1.29, 1.82) is 0 Å². The molecule has 0 saturated heterocycles. The molecule has 2 N–H and O–H groups in total. The molecular weight excluding hydrogens is 603 g/mol. The molecule has 1 amide bonds. The van der Waals surface area contributed by atoms with Crippen molar-refractivity contribution in [3.63, 3.8) is 0 Å². The number of rotatable bonds is 9. The molecule has 228 valence electrons. The number of ether oxygens (including phenoxy) is 3. The molecule has 6 aromatic rings. The zero-order valence-corrected chi connectivity index (χ0v) is 25.1. The van der Waals surface area contributed by atoms with E-state index in [4.69, 9.17) is 30.3 Å². The predicted octanol–water partition coefficient (Wildman–Crippen LogP) is 6.88. The fourth-order valence-electron chi connectivity index (χ4n) is 5.17. The predicted molar refractivity (Wildman–Crippen MR) is 170 cm³/mol. The maximum Gasteiger partial charge on any atom is 0.270 e. The van der Waals surface area contributed by atoms with Gasteiger partial charge in [-0.15, -0.1) is 0 Å². The number of methoxy groups -OCH3 is 3. The molecular formula is C33H26ClFN4O6. The fraction of sp³-hybridized carbons (Fsp3) is 0.121. The molecule has 12 heteroatoms. The van der Waals surface area contributed by atoms with Gasteiger partial charge in [0.25, 0.3) is 5.56 Å². The summed E-state index contributed by atoms with van der Waals surface area (Å²) in [5.41, 5.74) is 2.46. The number of amides is 1. The molecule has 0 unspecified atom stereocenters. The monoisotopic (exact) mass is 628 g/mol. The highest BCUT2D eigenvalue weighted by Gasteiger charge is 2.22. The lowest BCUT2D eigenvalue weighted by molar-refractivity contribution is -0.115. The van der Waals surface area contributed by atoms with Crippen LogP contribution in [-0.4, -0.2) is 37.0 Å². The SMILES string of the molecule is COc1cc(NC(=O)Cc2cccc(-n3c(=O)c4c(Nc5ccc(F)cc5)onc4c4c(Cl)cccc43)c2)cc(OC)c1OC. The van der Waals surface area contributed by atoms with E-state index < -0.39 is 11.4 Å². The number of aromatic nitrogens is 2. The first-order chi connectivity index (χ1) is 21.8.